The molecular weight excluding hydrogens is 198 g/mol. The van der Waals surface area contributed by atoms with Crippen LogP contribution in [0.15, 0.2) is 0 Å². The lowest BCUT2D eigenvalue weighted by Crippen LogP contribution is -2.58. The monoisotopic (exact) mass is 222 g/mol. The molecule has 2 nitrogen and oxygen atoms in total. The van der Waals surface area contributed by atoms with Gasteiger partial charge in [0.05, 0.1) is 32.1 Å². The van der Waals surface area contributed by atoms with E-state index in [9.17, 15) is 4.79 Å². The van der Waals surface area contributed by atoms with E-state index in [0.717, 1.165) is 0 Å². The van der Waals surface area contributed by atoms with E-state index in [-0.39, 0.29) is 0 Å². The van der Waals surface area contributed by atoms with E-state index in [1.807, 2.05) is 0 Å². The van der Waals surface area contributed by atoms with Crippen LogP contribution in [0, 0.1) is 11.8 Å². The number of quaternary nitrogens is 1. The minimum absolute atomic E-state index is 0.426. The average Bonchev–Trinajstić information content (AvgIpc) is 2.65. The van der Waals surface area contributed by atoms with Crippen LogP contribution in [0.2, 0.25) is 0 Å². The molecule has 0 radical (unpaired) electrons. The van der Waals surface area contributed by atoms with Crippen LogP contribution in [0.3, 0.4) is 0 Å². The van der Waals surface area contributed by atoms with Crippen LogP contribution in [0.1, 0.15) is 44.9 Å². The summed E-state index contributed by atoms with van der Waals surface area (Å²) in [6.07, 6.45) is 8.93. The number of ketones is 1. The Bertz CT molecular complexity index is 293. The van der Waals surface area contributed by atoms with Gasteiger partial charge in [-0.05, 0) is 19.3 Å². The fourth-order valence-electron chi connectivity index (χ4n) is 4.55. The Kier molecular flexibility index (Phi) is 2.58. The summed E-state index contributed by atoms with van der Waals surface area (Å²) in [6, 6.07) is 0.673. The Morgan fingerprint density at radius 1 is 1.00 bits per heavy atom. The standard InChI is InChI=1S/C14H24NO/c1-15(9-2-3-10-15)13-8-7-11-5-4-6-12(13)14(11)16/h11-13H,2-10H2,1H3/q+1. The second kappa shape index (κ2) is 3.83. The summed E-state index contributed by atoms with van der Waals surface area (Å²) in [5.41, 5.74) is 0. The summed E-state index contributed by atoms with van der Waals surface area (Å²) < 4.78 is 1.21. The highest BCUT2D eigenvalue weighted by Crippen LogP contribution is 2.42. The zero-order valence-corrected chi connectivity index (χ0v) is 10.5. The van der Waals surface area contributed by atoms with Crippen molar-refractivity contribution in [1.29, 1.82) is 0 Å². The lowest BCUT2D eigenvalue weighted by atomic mass is 9.68. The average molecular weight is 222 g/mol. The van der Waals surface area contributed by atoms with Gasteiger partial charge >= 0.3 is 0 Å². The third-order valence-corrected chi connectivity index (χ3v) is 5.50. The van der Waals surface area contributed by atoms with Crippen molar-refractivity contribution < 1.29 is 9.28 Å². The molecule has 1 aliphatic heterocycles. The van der Waals surface area contributed by atoms with Crippen LogP contribution in [0.4, 0.5) is 0 Å². The molecule has 0 amide bonds. The van der Waals surface area contributed by atoms with Crippen molar-refractivity contribution in [2.45, 2.75) is 51.0 Å². The maximum absolute atomic E-state index is 12.3. The SMILES string of the molecule is C[N+]1(C2CCC3CCCC2C3=O)CCCC1. The molecule has 2 heteroatoms. The maximum atomic E-state index is 12.3. The number of rotatable bonds is 1. The van der Waals surface area contributed by atoms with Gasteiger partial charge in [0.1, 0.15) is 5.78 Å². The van der Waals surface area contributed by atoms with Crippen LogP contribution in [0.25, 0.3) is 0 Å². The predicted molar refractivity (Wildman–Crippen MR) is 64.0 cm³/mol. The number of Topliss-reactive ketones (excluding diaryl/α,β-unsaturated/α-hetero) is 1. The molecule has 0 aromatic carbocycles. The first kappa shape index (κ1) is 10.8. The summed E-state index contributed by atoms with van der Waals surface area (Å²) in [5.74, 6) is 1.51. The molecule has 0 spiro atoms. The van der Waals surface area contributed by atoms with Crippen LogP contribution in [-0.2, 0) is 4.79 Å². The molecule has 3 fully saturated rings. The molecule has 2 bridgehead atoms. The van der Waals surface area contributed by atoms with E-state index >= 15 is 0 Å². The number of carbonyl (C=O) groups excluding carboxylic acids is 1. The van der Waals surface area contributed by atoms with Crippen molar-refractivity contribution in [1.82, 2.24) is 0 Å². The fourth-order valence-corrected chi connectivity index (χ4v) is 4.55. The highest BCUT2D eigenvalue weighted by atomic mass is 16.1. The van der Waals surface area contributed by atoms with Gasteiger partial charge in [0.2, 0.25) is 0 Å². The molecule has 90 valence electrons. The minimum atomic E-state index is 0.426. The second-order valence-electron chi connectivity index (χ2n) is 6.42. The lowest BCUT2D eigenvalue weighted by Gasteiger charge is -2.47. The Labute approximate surface area is 98.6 Å². The van der Waals surface area contributed by atoms with E-state index < -0.39 is 0 Å². The number of carbonyl (C=O) groups is 1. The zero-order chi connectivity index (χ0) is 11.2. The molecule has 3 atom stereocenters. The molecule has 1 heterocycles. The summed E-state index contributed by atoms with van der Waals surface area (Å²) in [5, 5.41) is 0. The molecule has 1 saturated heterocycles. The molecule has 3 aliphatic rings. The fraction of sp³-hybridized carbons (Fsp3) is 0.929. The van der Waals surface area contributed by atoms with Crippen molar-refractivity contribution in [2.24, 2.45) is 11.8 Å². The molecule has 3 rings (SSSR count). The summed E-state index contributed by atoms with van der Waals surface area (Å²) >= 11 is 0. The quantitative estimate of drug-likeness (QED) is 0.623. The minimum Gasteiger partial charge on any atom is -0.323 e. The largest absolute Gasteiger partial charge is 0.323 e. The van der Waals surface area contributed by atoms with Gasteiger partial charge in [-0.1, -0.05) is 6.42 Å². The Morgan fingerprint density at radius 3 is 2.50 bits per heavy atom. The zero-order valence-electron chi connectivity index (χ0n) is 10.5. The number of nitrogens with zero attached hydrogens (tertiary/aromatic N) is 1. The Hall–Kier alpha value is -0.370. The number of hydrogen-bond acceptors (Lipinski definition) is 1. The van der Waals surface area contributed by atoms with Gasteiger partial charge < -0.3 is 4.48 Å². The molecule has 0 aromatic heterocycles. The van der Waals surface area contributed by atoms with Crippen LogP contribution in [0.5, 0.6) is 0 Å². The molecule has 2 aliphatic carbocycles. The van der Waals surface area contributed by atoms with Gasteiger partial charge in [-0.15, -0.1) is 0 Å². The topological polar surface area (TPSA) is 17.1 Å². The highest BCUT2D eigenvalue weighted by molar-refractivity contribution is 5.85. The Balaban J connectivity index is 1.82. The normalized spacial score (nSPS) is 42.3. The third-order valence-electron chi connectivity index (χ3n) is 5.50. The highest BCUT2D eigenvalue weighted by Gasteiger charge is 2.49. The number of fused-ring (bicyclic) bond motifs is 2. The number of likely N-dealkylation sites (tertiary alicyclic amines) is 1. The predicted octanol–water partition coefficient (Wildman–Crippen LogP) is 2.37. The van der Waals surface area contributed by atoms with E-state index in [2.05, 4.69) is 7.05 Å². The first-order valence-electron chi connectivity index (χ1n) is 7.09. The van der Waals surface area contributed by atoms with Crippen molar-refractivity contribution in [3.63, 3.8) is 0 Å². The first-order valence-corrected chi connectivity index (χ1v) is 7.09. The molecule has 2 saturated carbocycles. The molecular formula is C14H24NO+. The smallest absolute Gasteiger partial charge is 0.144 e. The van der Waals surface area contributed by atoms with Crippen molar-refractivity contribution >= 4 is 5.78 Å². The van der Waals surface area contributed by atoms with E-state index in [1.54, 1.807) is 0 Å². The van der Waals surface area contributed by atoms with Gasteiger partial charge in [0.25, 0.3) is 0 Å². The van der Waals surface area contributed by atoms with Gasteiger partial charge in [-0.25, -0.2) is 0 Å². The third kappa shape index (κ3) is 1.54. The van der Waals surface area contributed by atoms with Crippen LogP contribution in [-0.4, -0.2) is 36.4 Å². The van der Waals surface area contributed by atoms with Crippen molar-refractivity contribution in [3.05, 3.63) is 0 Å². The van der Waals surface area contributed by atoms with Gasteiger partial charge in [-0.3, -0.25) is 4.79 Å². The van der Waals surface area contributed by atoms with Gasteiger partial charge in [0, 0.05) is 25.2 Å². The maximum Gasteiger partial charge on any atom is 0.144 e. The summed E-state index contributed by atoms with van der Waals surface area (Å²) in [6.45, 7) is 2.64. The molecule has 0 N–H and O–H groups in total. The van der Waals surface area contributed by atoms with Crippen molar-refractivity contribution in [2.75, 3.05) is 20.1 Å². The van der Waals surface area contributed by atoms with E-state index in [4.69, 9.17) is 0 Å². The van der Waals surface area contributed by atoms with Crippen LogP contribution < -0.4 is 0 Å². The first-order chi connectivity index (χ1) is 7.71. The van der Waals surface area contributed by atoms with E-state index in [0.29, 0.717) is 23.7 Å². The summed E-state index contributed by atoms with van der Waals surface area (Å²) in [7, 11) is 2.40. The molecule has 0 aromatic rings. The molecule has 16 heavy (non-hydrogen) atoms. The summed E-state index contributed by atoms with van der Waals surface area (Å²) in [4.78, 5) is 12.3. The van der Waals surface area contributed by atoms with Gasteiger partial charge in [-0.2, -0.15) is 0 Å². The number of hydrogen-bond donors (Lipinski definition) is 0. The Morgan fingerprint density at radius 2 is 1.75 bits per heavy atom. The lowest BCUT2D eigenvalue weighted by molar-refractivity contribution is -0.926. The second-order valence-corrected chi connectivity index (χ2v) is 6.42. The van der Waals surface area contributed by atoms with Gasteiger partial charge in [0.15, 0.2) is 0 Å². The van der Waals surface area contributed by atoms with Crippen LogP contribution >= 0.6 is 0 Å². The van der Waals surface area contributed by atoms with Crippen molar-refractivity contribution in [3.8, 4) is 0 Å². The molecule has 3 unspecified atom stereocenters. The van der Waals surface area contributed by atoms with E-state index in [1.165, 1.54) is 62.5 Å².